The predicted molar refractivity (Wildman–Crippen MR) is 68.7 cm³/mol. The second-order valence-corrected chi connectivity index (χ2v) is 5.72. The van der Waals surface area contributed by atoms with Gasteiger partial charge in [-0.05, 0) is 17.7 Å². The van der Waals surface area contributed by atoms with Crippen LogP contribution in [-0.4, -0.2) is 29.7 Å². The van der Waals surface area contributed by atoms with Gasteiger partial charge in [-0.15, -0.1) is 5.10 Å². The number of anilines is 1. The van der Waals surface area contributed by atoms with Gasteiger partial charge in [-0.3, -0.25) is 0 Å². The fourth-order valence-corrected chi connectivity index (χ4v) is 2.56. The summed E-state index contributed by atoms with van der Waals surface area (Å²) in [6.45, 7) is 1.53. The molecule has 0 atom stereocenters. The van der Waals surface area contributed by atoms with Crippen molar-refractivity contribution in [1.82, 2.24) is 10.2 Å². The highest BCUT2D eigenvalue weighted by Crippen LogP contribution is 2.12. The van der Waals surface area contributed by atoms with Gasteiger partial charge in [0.15, 0.2) is 0 Å². The summed E-state index contributed by atoms with van der Waals surface area (Å²) in [4.78, 5) is 10.8. The molecule has 1 heterocycles. The molecule has 0 bridgehead atoms. The zero-order valence-corrected chi connectivity index (χ0v) is 11.2. The van der Waals surface area contributed by atoms with Gasteiger partial charge in [0.2, 0.25) is 15.9 Å². The Hall–Kier alpha value is -2.42. The summed E-state index contributed by atoms with van der Waals surface area (Å²) in [5, 5.41) is 15.9. The highest BCUT2D eigenvalue weighted by Gasteiger charge is 2.16. The van der Waals surface area contributed by atoms with E-state index in [2.05, 4.69) is 14.9 Å². The minimum Gasteiger partial charge on any atom is -0.478 e. The first-order chi connectivity index (χ1) is 9.35. The zero-order valence-electron chi connectivity index (χ0n) is 10.4. The van der Waals surface area contributed by atoms with Crippen LogP contribution in [0, 0.1) is 6.92 Å². The van der Waals surface area contributed by atoms with Crippen LogP contribution in [-0.2, 0) is 15.8 Å². The van der Waals surface area contributed by atoms with Gasteiger partial charge >= 0.3 is 12.0 Å². The van der Waals surface area contributed by atoms with Crippen LogP contribution in [0.25, 0.3) is 0 Å². The molecule has 0 radical (unpaired) electrons. The van der Waals surface area contributed by atoms with Gasteiger partial charge in [0.25, 0.3) is 0 Å². The Morgan fingerprint density at radius 1 is 1.40 bits per heavy atom. The Kier molecular flexibility index (Phi) is 3.70. The number of aryl methyl sites for hydroxylation is 1. The standard InChI is InChI=1S/C11H11N3O5S/c1-7-12-13-11(19-7)14-20(17,18)6-8-3-2-4-9(5-8)10(15)16/h2-5H,6H2,1H3,(H,13,14)(H,15,16). The molecular formula is C11H11N3O5S. The number of benzene rings is 1. The Labute approximate surface area is 114 Å². The Balaban J connectivity index is 2.15. The summed E-state index contributed by atoms with van der Waals surface area (Å²) in [5.74, 6) is -1.28. The minimum absolute atomic E-state index is 0.0198. The van der Waals surface area contributed by atoms with Crippen molar-refractivity contribution in [1.29, 1.82) is 0 Å². The second kappa shape index (κ2) is 5.29. The maximum atomic E-state index is 11.9. The SMILES string of the molecule is Cc1nnc(NS(=O)(=O)Cc2cccc(C(=O)O)c2)o1. The Bertz CT molecular complexity index is 738. The Morgan fingerprint density at radius 3 is 2.75 bits per heavy atom. The van der Waals surface area contributed by atoms with Gasteiger partial charge in [-0.1, -0.05) is 17.2 Å². The summed E-state index contributed by atoms with van der Waals surface area (Å²) < 4.78 is 30.8. The smallest absolute Gasteiger partial charge is 0.335 e. The molecule has 1 aromatic heterocycles. The van der Waals surface area contributed by atoms with Crippen LogP contribution in [0.1, 0.15) is 21.8 Å². The van der Waals surface area contributed by atoms with Gasteiger partial charge in [0.05, 0.1) is 11.3 Å². The molecule has 20 heavy (non-hydrogen) atoms. The molecule has 9 heteroatoms. The van der Waals surface area contributed by atoms with E-state index in [1.165, 1.54) is 31.2 Å². The van der Waals surface area contributed by atoms with Crippen LogP contribution < -0.4 is 4.72 Å². The number of carbonyl (C=O) groups is 1. The molecule has 0 aliphatic rings. The fourth-order valence-electron chi connectivity index (χ4n) is 1.52. The van der Waals surface area contributed by atoms with E-state index in [0.29, 0.717) is 5.56 Å². The van der Waals surface area contributed by atoms with Gasteiger partial charge < -0.3 is 9.52 Å². The minimum atomic E-state index is -3.76. The molecule has 0 aliphatic carbocycles. The molecule has 2 rings (SSSR count). The highest BCUT2D eigenvalue weighted by atomic mass is 32.2. The van der Waals surface area contributed by atoms with Crippen molar-refractivity contribution in [2.45, 2.75) is 12.7 Å². The van der Waals surface area contributed by atoms with Crippen molar-refractivity contribution >= 4 is 22.0 Å². The average molecular weight is 297 g/mol. The van der Waals surface area contributed by atoms with E-state index in [9.17, 15) is 13.2 Å². The number of sulfonamides is 1. The topological polar surface area (TPSA) is 122 Å². The lowest BCUT2D eigenvalue weighted by molar-refractivity contribution is 0.0696. The van der Waals surface area contributed by atoms with E-state index < -0.39 is 21.7 Å². The number of aromatic carboxylic acids is 1. The van der Waals surface area contributed by atoms with Crippen LogP contribution >= 0.6 is 0 Å². The van der Waals surface area contributed by atoms with E-state index in [0.717, 1.165) is 0 Å². The lowest BCUT2D eigenvalue weighted by Gasteiger charge is -2.05. The third-order valence-electron chi connectivity index (χ3n) is 2.30. The first-order valence-corrected chi connectivity index (χ1v) is 7.14. The quantitative estimate of drug-likeness (QED) is 0.844. The molecule has 2 aromatic rings. The maximum absolute atomic E-state index is 11.9. The maximum Gasteiger partial charge on any atom is 0.335 e. The van der Waals surface area contributed by atoms with Gasteiger partial charge in [-0.25, -0.2) is 17.9 Å². The molecule has 0 unspecified atom stereocenters. The van der Waals surface area contributed by atoms with Crippen molar-refractivity contribution in [3.05, 3.63) is 41.3 Å². The highest BCUT2D eigenvalue weighted by molar-refractivity contribution is 7.91. The van der Waals surface area contributed by atoms with E-state index in [-0.39, 0.29) is 17.5 Å². The summed E-state index contributed by atoms with van der Waals surface area (Å²) >= 11 is 0. The summed E-state index contributed by atoms with van der Waals surface area (Å²) in [6, 6.07) is 5.45. The molecular weight excluding hydrogens is 286 g/mol. The third kappa shape index (κ3) is 3.54. The normalized spacial score (nSPS) is 11.2. The second-order valence-electron chi connectivity index (χ2n) is 3.99. The van der Waals surface area contributed by atoms with Crippen molar-refractivity contribution in [2.75, 3.05) is 4.72 Å². The number of aromatic nitrogens is 2. The predicted octanol–water partition coefficient (Wildman–Crippen LogP) is 1.02. The number of rotatable bonds is 5. The number of carboxylic acids is 1. The number of hydrogen-bond donors (Lipinski definition) is 2. The van der Waals surface area contributed by atoms with E-state index in [1.54, 1.807) is 0 Å². The Morgan fingerprint density at radius 2 is 2.15 bits per heavy atom. The molecule has 8 nitrogen and oxygen atoms in total. The first-order valence-electron chi connectivity index (χ1n) is 5.48. The van der Waals surface area contributed by atoms with Crippen LogP contribution in [0.15, 0.2) is 28.7 Å². The number of hydrogen-bond acceptors (Lipinski definition) is 6. The van der Waals surface area contributed by atoms with E-state index >= 15 is 0 Å². The molecule has 0 spiro atoms. The first kappa shape index (κ1) is 14.0. The van der Waals surface area contributed by atoms with Crippen molar-refractivity contribution in [3.8, 4) is 0 Å². The van der Waals surface area contributed by atoms with E-state index in [4.69, 9.17) is 9.52 Å². The molecule has 0 saturated heterocycles. The molecule has 106 valence electrons. The monoisotopic (exact) mass is 297 g/mol. The fraction of sp³-hybridized carbons (Fsp3) is 0.182. The van der Waals surface area contributed by atoms with Crippen LogP contribution in [0.4, 0.5) is 6.01 Å². The number of nitrogens with one attached hydrogen (secondary N) is 1. The summed E-state index contributed by atoms with van der Waals surface area (Å²) in [7, 11) is -3.76. The lowest BCUT2D eigenvalue weighted by Crippen LogP contribution is -2.15. The van der Waals surface area contributed by atoms with Crippen molar-refractivity contribution in [2.24, 2.45) is 0 Å². The van der Waals surface area contributed by atoms with Crippen molar-refractivity contribution in [3.63, 3.8) is 0 Å². The summed E-state index contributed by atoms with van der Waals surface area (Å²) in [6.07, 6.45) is 0. The zero-order chi connectivity index (χ0) is 14.8. The van der Waals surface area contributed by atoms with Gasteiger partial charge in [0, 0.05) is 6.92 Å². The largest absolute Gasteiger partial charge is 0.478 e. The third-order valence-corrected chi connectivity index (χ3v) is 3.50. The number of nitrogens with zero attached hydrogens (tertiary/aromatic N) is 2. The molecule has 0 saturated carbocycles. The molecule has 0 fully saturated rings. The number of carboxylic acid groups (broad SMARTS) is 1. The van der Waals surface area contributed by atoms with Gasteiger partial charge in [-0.2, -0.15) is 0 Å². The van der Waals surface area contributed by atoms with Crippen LogP contribution in [0.3, 0.4) is 0 Å². The van der Waals surface area contributed by atoms with Crippen LogP contribution in [0.2, 0.25) is 0 Å². The molecule has 0 amide bonds. The molecule has 2 N–H and O–H groups in total. The van der Waals surface area contributed by atoms with Crippen LogP contribution in [0.5, 0.6) is 0 Å². The molecule has 1 aromatic carbocycles. The van der Waals surface area contributed by atoms with Crippen molar-refractivity contribution < 1.29 is 22.7 Å². The van der Waals surface area contributed by atoms with E-state index in [1.807, 2.05) is 0 Å². The molecule has 0 aliphatic heterocycles. The average Bonchev–Trinajstić information content (AvgIpc) is 2.73. The van der Waals surface area contributed by atoms with Gasteiger partial charge in [0.1, 0.15) is 0 Å². The summed E-state index contributed by atoms with van der Waals surface area (Å²) in [5.41, 5.74) is 0.361. The lowest BCUT2D eigenvalue weighted by atomic mass is 10.1.